The summed E-state index contributed by atoms with van der Waals surface area (Å²) in [6.07, 6.45) is 0. The minimum absolute atomic E-state index is 0.0560. The Morgan fingerprint density at radius 1 is 1.22 bits per heavy atom. The first-order chi connectivity index (χ1) is 13.0. The number of benzene rings is 2. The quantitative estimate of drug-likeness (QED) is 0.681. The summed E-state index contributed by atoms with van der Waals surface area (Å²) in [5, 5.41) is 2.93. The number of fused-ring (bicyclic) bond motifs is 1. The average molecular weight is 406 g/mol. The maximum atomic E-state index is 13.3. The van der Waals surface area contributed by atoms with Gasteiger partial charge in [-0.2, -0.15) is 8.75 Å². The molecule has 11 heteroatoms. The van der Waals surface area contributed by atoms with Gasteiger partial charge in [0.15, 0.2) is 0 Å². The molecule has 0 spiro atoms. The van der Waals surface area contributed by atoms with E-state index in [4.69, 9.17) is 0 Å². The largest absolute Gasteiger partial charge is 0.343 e. The molecule has 4 rings (SSSR count). The van der Waals surface area contributed by atoms with Crippen LogP contribution in [0.1, 0.15) is 5.56 Å². The van der Waals surface area contributed by atoms with E-state index in [1.165, 1.54) is 18.2 Å². The average Bonchev–Trinajstić information content (AvgIpc) is 3.12. The van der Waals surface area contributed by atoms with Crippen molar-refractivity contribution in [3.05, 3.63) is 53.8 Å². The minimum Gasteiger partial charge on any atom is -0.343 e. The van der Waals surface area contributed by atoms with Crippen molar-refractivity contribution in [1.29, 1.82) is 0 Å². The van der Waals surface area contributed by atoms with Crippen molar-refractivity contribution in [2.75, 3.05) is 13.3 Å². The molecule has 27 heavy (non-hydrogen) atoms. The molecule has 2 heterocycles. The Kier molecular flexibility index (Phi) is 4.72. The normalized spacial score (nSPS) is 15.4. The number of guanidine groups is 1. The number of nitrogens with zero attached hydrogens (tertiary/aromatic N) is 4. The Labute approximate surface area is 159 Å². The topological polar surface area (TPSA) is 99.6 Å². The lowest BCUT2D eigenvalue weighted by Gasteiger charge is -2.27. The van der Waals surface area contributed by atoms with Crippen LogP contribution < -0.4 is 10.0 Å². The van der Waals surface area contributed by atoms with Gasteiger partial charge in [-0.25, -0.2) is 22.5 Å². The Morgan fingerprint density at radius 3 is 2.85 bits per heavy atom. The number of hydrogen-bond donors (Lipinski definition) is 2. The smallest absolute Gasteiger partial charge is 0.266 e. The van der Waals surface area contributed by atoms with E-state index in [9.17, 15) is 12.8 Å². The van der Waals surface area contributed by atoms with Gasteiger partial charge in [0.05, 0.1) is 25.1 Å². The molecule has 0 aliphatic carbocycles. The summed E-state index contributed by atoms with van der Waals surface area (Å²) in [6.45, 7) is 1.15. The second-order valence-electron chi connectivity index (χ2n) is 5.94. The van der Waals surface area contributed by atoms with Crippen molar-refractivity contribution in [3.8, 4) is 0 Å². The summed E-state index contributed by atoms with van der Waals surface area (Å²) in [5.74, 6) is -0.134. The zero-order chi connectivity index (χ0) is 18.9. The highest BCUT2D eigenvalue weighted by Crippen LogP contribution is 2.20. The van der Waals surface area contributed by atoms with E-state index in [1.54, 1.807) is 18.2 Å². The van der Waals surface area contributed by atoms with Crippen molar-refractivity contribution in [2.45, 2.75) is 11.4 Å². The third kappa shape index (κ3) is 3.89. The van der Waals surface area contributed by atoms with E-state index in [2.05, 4.69) is 23.8 Å². The monoisotopic (exact) mass is 406 g/mol. The number of aliphatic imine (C=N–C) groups is 1. The minimum atomic E-state index is -3.85. The fraction of sp³-hybridized carbons (Fsp3) is 0.188. The molecule has 0 fully saturated rings. The van der Waals surface area contributed by atoms with Gasteiger partial charge in [-0.1, -0.05) is 18.2 Å². The molecule has 1 aliphatic heterocycles. The lowest BCUT2D eigenvalue weighted by molar-refractivity contribution is 0.255. The fourth-order valence-electron chi connectivity index (χ4n) is 2.71. The number of nitrogens with one attached hydrogen (secondary N) is 2. The van der Waals surface area contributed by atoms with Gasteiger partial charge in [-0.3, -0.25) is 4.90 Å². The number of rotatable bonds is 4. The zero-order valence-corrected chi connectivity index (χ0v) is 15.6. The van der Waals surface area contributed by atoms with Crippen molar-refractivity contribution >= 4 is 38.7 Å². The summed E-state index contributed by atoms with van der Waals surface area (Å²) in [7, 11) is -3.85. The summed E-state index contributed by atoms with van der Waals surface area (Å²) in [5.41, 5.74) is 1.68. The van der Waals surface area contributed by atoms with Crippen LogP contribution in [0.25, 0.3) is 11.0 Å². The number of halogens is 1. The van der Waals surface area contributed by atoms with E-state index in [0.29, 0.717) is 24.2 Å². The van der Waals surface area contributed by atoms with E-state index < -0.39 is 10.0 Å². The Bertz CT molecular complexity index is 1110. The molecule has 0 radical (unpaired) electrons. The van der Waals surface area contributed by atoms with Crippen LogP contribution in [0, 0.1) is 5.82 Å². The first-order valence-electron chi connectivity index (χ1n) is 8.00. The lowest BCUT2D eigenvalue weighted by Crippen LogP contribution is -2.49. The maximum Gasteiger partial charge on any atom is 0.266 e. The van der Waals surface area contributed by atoms with Gasteiger partial charge in [0.2, 0.25) is 5.96 Å². The van der Waals surface area contributed by atoms with Gasteiger partial charge < -0.3 is 5.32 Å². The Morgan fingerprint density at radius 2 is 2.07 bits per heavy atom. The number of sulfonamides is 1. The molecule has 0 atom stereocenters. The molecule has 1 aromatic heterocycles. The highest BCUT2D eigenvalue weighted by atomic mass is 32.2. The molecule has 140 valence electrons. The molecule has 3 aromatic rings. The van der Waals surface area contributed by atoms with Gasteiger partial charge in [0.1, 0.15) is 21.7 Å². The number of hydrogen-bond acceptors (Lipinski definition) is 8. The zero-order valence-electron chi connectivity index (χ0n) is 14.0. The molecule has 0 saturated carbocycles. The van der Waals surface area contributed by atoms with Crippen molar-refractivity contribution in [3.63, 3.8) is 0 Å². The molecule has 2 aromatic carbocycles. The van der Waals surface area contributed by atoms with Crippen LogP contribution in [0.15, 0.2) is 52.4 Å². The molecule has 0 saturated heterocycles. The predicted octanol–water partition coefficient (Wildman–Crippen LogP) is 1.49. The van der Waals surface area contributed by atoms with Gasteiger partial charge in [0.25, 0.3) is 10.0 Å². The molecule has 8 nitrogen and oxygen atoms in total. The van der Waals surface area contributed by atoms with Gasteiger partial charge in [0, 0.05) is 6.54 Å². The van der Waals surface area contributed by atoms with Crippen LogP contribution >= 0.6 is 11.7 Å². The Balaban J connectivity index is 1.46. The lowest BCUT2D eigenvalue weighted by atomic mass is 10.2. The second-order valence-corrected chi connectivity index (χ2v) is 8.11. The van der Waals surface area contributed by atoms with Crippen LogP contribution in [0.5, 0.6) is 0 Å². The SMILES string of the molecule is O=S(=O)(NC1=NCN(Cc2cccc(F)c2)CN1)c1cccc2nsnc12. The summed E-state index contributed by atoms with van der Waals surface area (Å²) >= 11 is 0.960. The molecule has 0 unspecified atom stereocenters. The molecular weight excluding hydrogens is 391 g/mol. The standard InChI is InChI=1S/C16H15FN6O2S2/c17-12-4-1-3-11(7-12)8-23-9-18-16(19-10-23)22-27(24,25)14-6-2-5-13-15(14)21-26-20-13/h1-7H,8-10H2,(H2,18,19,22). The predicted molar refractivity (Wildman–Crippen MR) is 100.0 cm³/mol. The molecule has 0 amide bonds. The van der Waals surface area contributed by atoms with Gasteiger partial charge >= 0.3 is 0 Å². The molecule has 2 N–H and O–H groups in total. The fourth-order valence-corrected chi connectivity index (χ4v) is 4.48. The van der Waals surface area contributed by atoms with E-state index in [-0.39, 0.29) is 23.3 Å². The van der Waals surface area contributed by atoms with E-state index in [1.807, 2.05) is 11.0 Å². The molecular formula is C16H15FN6O2S2. The van der Waals surface area contributed by atoms with Crippen LogP contribution in [0.2, 0.25) is 0 Å². The van der Waals surface area contributed by atoms with Crippen molar-refractivity contribution in [2.24, 2.45) is 4.99 Å². The van der Waals surface area contributed by atoms with Crippen LogP contribution in [0.4, 0.5) is 4.39 Å². The van der Waals surface area contributed by atoms with Crippen LogP contribution in [-0.4, -0.2) is 41.4 Å². The highest BCUT2D eigenvalue weighted by Gasteiger charge is 2.23. The van der Waals surface area contributed by atoms with Crippen LogP contribution in [0.3, 0.4) is 0 Å². The third-order valence-electron chi connectivity index (χ3n) is 3.96. The summed E-state index contributed by atoms with van der Waals surface area (Å²) in [4.78, 5) is 6.19. The number of aromatic nitrogens is 2. The van der Waals surface area contributed by atoms with Gasteiger partial charge in [-0.05, 0) is 29.8 Å². The second kappa shape index (κ2) is 7.18. The highest BCUT2D eigenvalue weighted by molar-refractivity contribution is 7.90. The molecule has 1 aliphatic rings. The van der Waals surface area contributed by atoms with Crippen molar-refractivity contribution < 1.29 is 12.8 Å². The molecule has 0 bridgehead atoms. The van der Waals surface area contributed by atoms with E-state index >= 15 is 0 Å². The summed E-state index contributed by atoms with van der Waals surface area (Å²) in [6, 6.07) is 11.1. The first kappa shape index (κ1) is 17.8. The van der Waals surface area contributed by atoms with Crippen LogP contribution in [-0.2, 0) is 16.6 Å². The van der Waals surface area contributed by atoms with Gasteiger partial charge in [-0.15, -0.1) is 0 Å². The van der Waals surface area contributed by atoms with Crippen molar-refractivity contribution in [1.82, 2.24) is 23.7 Å². The Hall–Kier alpha value is -2.63. The summed E-state index contributed by atoms with van der Waals surface area (Å²) < 4.78 is 49.2. The van der Waals surface area contributed by atoms with E-state index in [0.717, 1.165) is 17.3 Å². The first-order valence-corrected chi connectivity index (χ1v) is 10.2. The third-order valence-corrected chi connectivity index (χ3v) is 5.88. The maximum absolute atomic E-state index is 13.3.